The van der Waals surface area contributed by atoms with Gasteiger partial charge in [-0.3, -0.25) is 29.4 Å². The highest BCUT2D eigenvalue weighted by Crippen LogP contribution is 2.19. The number of nitrogens with zero attached hydrogens (tertiary/aromatic N) is 2. The minimum absolute atomic E-state index is 0.104. The molecule has 2 rings (SSSR count). The number of carbonyl (C=O) groups excluding carboxylic acids is 3. The lowest BCUT2D eigenvalue weighted by Gasteiger charge is -2.13. The summed E-state index contributed by atoms with van der Waals surface area (Å²) < 4.78 is 0. The van der Waals surface area contributed by atoms with Crippen LogP contribution in [0.5, 0.6) is 0 Å². The lowest BCUT2D eigenvalue weighted by atomic mass is 10.1. The Kier molecular flexibility index (Phi) is 5.10. The fourth-order valence-electron chi connectivity index (χ4n) is 1.98. The average molecular weight is 323 g/mol. The zero-order valence-corrected chi connectivity index (χ0v) is 12.3. The standard InChI is InChI=1S/C13H13N3O5S/c17-11(7-9-3-1-2-4-10(9)16(20)21)14-5-6-15-12(18)8-22-13(15)19/h1-4H,5-8H2,(H,14,17). The van der Waals surface area contributed by atoms with Crippen LogP contribution in [0.15, 0.2) is 24.3 Å². The summed E-state index contributed by atoms with van der Waals surface area (Å²) in [6.45, 7) is 0.227. The van der Waals surface area contributed by atoms with Gasteiger partial charge in [0.05, 0.1) is 17.1 Å². The average Bonchev–Trinajstić information content (AvgIpc) is 2.79. The van der Waals surface area contributed by atoms with Gasteiger partial charge in [-0.05, 0) is 0 Å². The minimum Gasteiger partial charge on any atom is -0.354 e. The third-order valence-electron chi connectivity index (χ3n) is 3.04. The lowest BCUT2D eigenvalue weighted by Crippen LogP contribution is -2.38. The van der Waals surface area contributed by atoms with Gasteiger partial charge in [0.2, 0.25) is 11.8 Å². The predicted molar refractivity (Wildman–Crippen MR) is 79.4 cm³/mol. The van der Waals surface area contributed by atoms with Crippen molar-refractivity contribution < 1.29 is 19.3 Å². The summed E-state index contributed by atoms with van der Waals surface area (Å²) in [4.78, 5) is 45.9. The van der Waals surface area contributed by atoms with Crippen molar-refractivity contribution in [3.63, 3.8) is 0 Å². The van der Waals surface area contributed by atoms with Crippen molar-refractivity contribution >= 4 is 34.5 Å². The Morgan fingerprint density at radius 3 is 2.73 bits per heavy atom. The van der Waals surface area contributed by atoms with Gasteiger partial charge in [-0.25, -0.2) is 0 Å². The molecule has 0 atom stereocenters. The maximum absolute atomic E-state index is 11.8. The molecule has 0 spiro atoms. The van der Waals surface area contributed by atoms with Gasteiger partial charge in [0.25, 0.3) is 10.9 Å². The molecule has 1 aliphatic heterocycles. The first-order valence-corrected chi connectivity index (χ1v) is 7.43. The normalized spacial score (nSPS) is 14.3. The molecule has 1 aromatic rings. The highest BCUT2D eigenvalue weighted by molar-refractivity contribution is 8.14. The van der Waals surface area contributed by atoms with Crippen LogP contribution in [-0.4, -0.2) is 45.7 Å². The first-order chi connectivity index (χ1) is 10.5. The van der Waals surface area contributed by atoms with Crippen LogP contribution in [0.3, 0.4) is 0 Å². The molecule has 0 aromatic heterocycles. The number of para-hydroxylation sites is 1. The van der Waals surface area contributed by atoms with Gasteiger partial charge in [0, 0.05) is 24.7 Å². The fourth-order valence-corrected chi connectivity index (χ4v) is 2.73. The Bertz CT molecular complexity index is 618. The summed E-state index contributed by atoms with van der Waals surface area (Å²) >= 11 is 0.930. The summed E-state index contributed by atoms with van der Waals surface area (Å²) in [5, 5.41) is 13.1. The zero-order chi connectivity index (χ0) is 16.1. The maximum atomic E-state index is 11.8. The smallest absolute Gasteiger partial charge is 0.288 e. The molecule has 0 radical (unpaired) electrons. The van der Waals surface area contributed by atoms with Crippen LogP contribution in [0, 0.1) is 10.1 Å². The summed E-state index contributed by atoms with van der Waals surface area (Å²) in [5.41, 5.74) is 0.202. The number of nitrogens with one attached hydrogen (secondary N) is 1. The van der Waals surface area contributed by atoms with E-state index < -0.39 is 10.8 Å². The van der Waals surface area contributed by atoms with Crippen molar-refractivity contribution in [3.05, 3.63) is 39.9 Å². The van der Waals surface area contributed by atoms with Gasteiger partial charge >= 0.3 is 0 Å². The van der Waals surface area contributed by atoms with Gasteiger partial charge in [-0.2, -0.15) is 0 Å². The van der Waals surface area contributed by atoms with Crippen molar-refractivity contribution in [3.8, 4) is 0 Å². The van der Waals surface area contributed by atoms with Gasteiger partial charge in [0.15, 0.2) is 0 Å². The van der Waals surface area contributed by atoms with Crippen molar-refractivity contribution in [2.24, 2.45) is 0 Å². The molecule has 1 fully saturated rings. The second-order valence-electron chi connectivity index (χ2n) is 4.51. The van der Waals surface area contributed by atoms with E-state index in [1.807, 2.05) is 0 Å². The molecule has 1 saturated heterocycles. The SMILES string of the molecule is O=C(Cc1ccccc1[N+](=O)[O-])NCCN1C(=O)CSC1=O. The van der Waals surface area contributed by atoms with Gasteiger partial charge in [-0.15, -0.1) is 0 Å². The second-order valence-corrected chi connectivity index (χ2v) is 5.44. The molecular weight excluding hydrogens is 310 g/mol. The van der Waals surface area contributed by atoms with E-state index in [2.05, 4.69) is 5.32 Å². The molecule has 116 valence electrons. The monoisotopic (exact) mass is 323 g/mol. The van der Waals surface area contributed by atoms with Gasteiger partial charge in [0.1, 0.15) is 0 Å². The van der Waals surface area contributed by atoms with E-state index in [-0.39, 0.29) is 42.1 Å². The fraction of sp³-hybridized carbons (Fsp3) is 0.308. The highest BCUT2D eigenvalue weighted by atomic mass is 32.2. The van der Waals surface area contributed by atoms with Crippen molar-refractivity contribution in [1.82, 2.24) is 10.2 Å². The number of hydrogen-bond acceptors (Lipinski definition) is 6. The highest BCUT2D eigenvalue weighted by Gasteiger charge is 2.29. The molecule has 0 bridgehead atoms. The Hall–Kier alpha value is -2.42. The van der Waals surface area contributed by atoms with E-state index >= 15 is 0 Å². The maximum Gasteiger partial charge on any atom is 0.288 e. The Balaban J connectivity index is 1.85. The van der Waals surface area contributed by atoms with Crippen LogP contribution < -0.4 is 5.32 Å². The van der Waals surface area contributed by atoms with E-state index in [4.69, 9.17) is 0 Å². The first-order valence-electron chi connectivity index (χ1n) is 6.45. The van der Waals surface area contributed by atoms with Crippen molar-refractivity contribution in [2.45, 2.75) is 6.42 Å². The van der Waals surface area contributed by atoms with Crippen molar-refractivity contribution in [2.75, 3.05) is 18.8 Å². The van der Waals surface area contributed by atoms with E-state index in [1.165, 1.54) is 18.2 Å². The number of rotatable bonds is 6. The van der Waals surface area contributed by atoms with Crippen LogP contribution in [-0.2, 0) is 16.0 Å². The van der Waals surface area contributed by atoms with Crippen LogP contribution >= 0.6 is 11.8 Å². The molecule has 1 heterocycles. The van der Waals surface area contributed by atoms with Crippen molar-refractivity contribution in [1.29, 1.82) is 0 Å². The number of nitro benzene ring substituents is 1. The van der Waals surface area contributed by atoms with E-state index in [9.17, 15) is 24.5 Å². The third kappa shape index (κ3) is 3.82. The van der Waals surface area contributed by atoms with E-state index in [1.54, 1.807) is 6.07 Å². The molecular formula is C13H13N3O5S. The molecule has 0 unspecified atom stereocenters. The molecule has 22 heavy (non-hydrogen) atoms. The van der Waals surface area contributed by atoms with E-state index in [0.29, 0.717) is 5.56 Å². The minimum atomic E-state index is -0.540. The van der Waals surface area contributed by atoms with E-state index in [0.717, 1.165) is 16.7 Å². The molecule has 1 aliphatic rings. The quantitative estimate of drug-likeness (QED) is 0.616. The molecule has 0 saturated carbocycles. The Morgan fingerprint density at radius 1 is 1.36 bits per heavy atom. The number of thioether (sulfide) groups is 1. The topological polar surface area (TPSA) is 110 Å². The van der Waals surface area contributed by atoms with Gasteiger partial charge in [-0.1, -0.05) is 30.0 Å². The molecule has 8 nitrogen and oxygen atoms in total. The predicted octanol–water partition coefficient (Wildman–Crippen LogP) is 0.949. The Morgan fingerprint density at radius 2 is 2.09 bits per heavy atom. The zero-order valence-electron chi connectivity index (χ0n) is 11.5. The van der Waals surface area contributed by atoms with Crippen LogP contribution in [0.2, 0.25) is 0 Å². The molecule has 1 N–H and O–H groups in total. The Labute approximate surface area is 130 Å². The second kappa shape index (κ2) is 7.03. The number of nitro groups is 1. The molecule has 1 aromatic carbocycles. The largest absolute Gasteiger partial charge is 0.354 e. The third-order valence-corrected chi connectivity index (χ3v) is 3.90. The van der Waals surface area contributed by atoms with Crippen LogP contribution in [0.1, 0.15) is 5.56 Å². The first kappa shape index (κ1) is 16.0. The summed E-state index contributed by atoms with van der Waals surface area (Å²) in [5.74, 6) is -0.549. The van der Waals surface area contributed by atoms with Gasteiger partial charge < -0.3 is 5.32 Å². The molecule has 0 aliphatic carbocycles. The lowest BCUT2D eigenvalue weighted by molar-refractivity contribution is -0.385. The number of amides is 3. The van der Waals surface area contributed by atoms with Crippen LogP contribution in [0.4, 0.5) is 10.5 Å². The summed E-state index contributed by atoms with van der Waals surface area (Å²) in [7, 11) is 0. The molecule has 3 amide bonds. The summed E-state index contributed by atoms with van der Waals surface area (Å²) in [6.07, 6.45) is -0.131. The number of carbonyl (C=O) groups is 3. The number of hydrogen-bond donors (Lipinski definition) is 1. The van der Waals surface area contributed by atoms with Crippen LogP contribution in [0.25, 0.3) is 0 Å². The molecule has 9 heteroatoms. The number of benzene rings is 1. The summed E-state index contributed by atoms with van der Waals surface area (Å²) in [6, 6.07) is 6.00. The number of imide groups is 1.